The highest BCUT2D eigenvalue weighted by atomic mass is 16.2. The van der Waals surface area contributed by atoms with Crippen molar-refractivity contribution >= 4 is 23.2 Å². The molecule has 0 aromatic heterocycles. The largest absolute Gasteiger partial charge is 0.378 e. The summed E-state index contributed by atoms with van der Waals surface area (Å²) in [5.41, 5.74) is 3.90. The number of nitrogens with one attached hydrogen (secondary N) is 2. The van der Waals surface area contributed by atoms with Gasteiger partial charge in [0.05, 0.1) is 6.04 Å². The van der Waals surface area contributed by atoms with Gasteiger partial charge in [-0.2, -0.15) is 0 Å². The highest BCUT2D eigenvalue weighted by Gasteiger charge is 2.25. The molecule has 1 heterocycles. The quantitative estimate of drug-likeness (QED) is 0.697. The average molecular weight is 424 g/mol. The number of likely N-dealkylation sites (N-methyl/N-ethyl adjacent to an activating group) is 1. The number of rotatable bonds is 6. The summed E-state index contributed by atoms with van der Waals surface area (Å²) in [6.07, 6.45) is 0. The Hall–Kier alpha value is -2.90. The maximum Gasteiger partial charge on any atom is 0.313 e. The Morgan fingerprint density at radius 3 is 2.29 bits per heavy atom. The fourth-order valence-electron chi connectivity index (χ4n) is 3.77. The first-order valence-corrected chi connectivity index (χ1v) is 10.7. The van der Waals surface area contributed by atoms with Crippen molar-refractivity contribution in [1.82, 2.24) is 15.1 Å². The molecule has 31 heavy (non-hydrogen) atoms. The summed E-state index contributed by atoms with van der Waals surface area (Å²) in [7, 11) is 6.15. The van der Waals surface area contributed by atoms with E-state index in [4.69, 9.17) is 0 Å². The van der Waals surface area contributed by atoms with E-state index >= 15 is 0 Å². The molecule has 0 bridgehead atoms. The topological polar surface area (TPSA) is 67.9 Å². The summed E-state index contributed by atoms with van der Waals surface area (Å²) in [6.45, 7) is 6.12. The molecular formula is C24H33N5O2. The van der Waals surface area contributed by atoms with Crippen LogP contribution in [0.4, 0.5) is 11.4 Å². The van der Waals surface area contributed by atoms with E-state index in [0.717, 1.165) is 43.0 Å². The molecule has 2 N–H and O–H groups in total. The van der Waals surface area contributed by atoms with Crippen molar-refractivity contribution in [3.8, 4) is 0 Å². The number of aryl methyl sites for hydroxylation is 1. The molecule has 2 aromatic rings. The van der Waals surface area contributed by atoms with Crippen molar-refractivity contribution in [2.45, 2.75) is 13.0 Å². The number of carbonyl (C=O) groups is 2. The first-order valence-electron chi connectivity index (χ1n) is 10.7. The van der Waals surface area contributed by atoms with Gasteiger partial charge in [-0.1, -0.05) is 24.3 Å². The van der Waals surface area contributed by atoms with Crippen molar-refractivity contribution in [3.05, 3.63) is 59.7 Å². The molecule has 1 unspecified atom stereocenters. The second-order valence-electron chi connectivity index (χ2n) is 8.37. The number of hydrogen-bond donors (Lipinski definition) is 2. The average Bonchev–Trinajstić information content (AvgIpc) is 2.75. The Bertz CT molecular complexity index is 889. The first-order chi connectivity index (χ1) is 14.8. The Morgan fingerprint density at radius 2 is 1.68 bits per heavy atom. The lowest BCUT2D eigenvalue weighted by Crippen LogP contribution is -2.49. The van der Waals surface area contributed by atoms with Crippen LogP contribution in [0.2, 0.25) is 0 Å². The van der Waals surface area contributed by atoms with Gasteiger partial charge in [0.15, 0.2) is 0 Å². The van der Waals surface area contributed by atoms with Gasteiger partial charge >= 0.3 is 11.8 Å². The minimum Gasteiger partial charge on any atom is -0.378 e. The molecule has 2 aromatic carbocycles. The Morgan fingerprint density at radius 1 is 1.00 bits per heavy atom. The summed E-state index contributed by atoms with van der Waals surface area (Å²) in [6, 6.07) is 15.8. The molecule has 166 valence electrons. The van der Waals surface area contributed by atoms with Gasteiger partial charge in [0, 0.05) is 58.2 Å². The van der Waals surface area contributed by atoms with Crippen molar-refractivity contribution in [2.24, 2.45) is 0 Å². The van der Waals surface area contributed by atoms with Gasteiger partial charge < -0.3 is 20.4 Å². The highest BCUT2D eigenvalue weighted by Crippen LogP contribution is 2.24. The molecule has 7 nitrogen and oxygen atoms in total. The zero-order valence-electron chi connectivity index (χ0n) is 18.9. The minimum atomic E-state index is -0.648. The zero-order chi connectivity index (χ0) is 22.4. The van der Waals surface area contributed by atoms with Crippen LogP contribution < -0.4 is 15.5 Å². The third kappa shape index (κ3) is 6.29. The molecule has 0 spiro atoms. The number of nitrogens with zero attached hydrogens (tertiary/aromatic N) is 3. The fraction of sp³-hybridized carbons (Fsp3) is 0.417. The van der Waals surface area contributed by atoms with Gasteiger partial charge in [0.2, 0.25) is 0 Å². The van der Waals surface area contributed by atoms with Crippen LogP contribution in [0.15, 0.2) is 48.5 Å². The van der Waals surface area contributed by atoms with Crippen molar-refractivity contribution in [1.29, 1.82) is 0 Å². The molecule has 1 atom stereocenters. The lowest BCUT2D eigenvalue weighted by atomic mass is 10.0. The lowest BCUT2D eigenvalue weighted by Gasteiger charge is -2.38. The molecule has 1 aliphatic heterocycles. The summed E-state index contributed by atoms with van der Waals surface area (Å²) in [5.74, 6) is -1.27. The summed E-state index contributed by atoms with van der Waals surface area (Å²) < 4.78 is 0. The summed E-state index contributed by atoms with van der Waals surface area (Å²) in [5, 5.41) is 5.52. The second kappa shape index (κ2) is 10.4. The predicted octanol–water partition coefficient (Wildman–Crippen LogP) is 2.10. The summed E-state index contributed by atoms with van der Waals surface area (Å²) in [4.78, 5) is 31.6. The second-order valence-corrected chi connectivity index (χ2v) is 8.37. The van der Waals surface area contributed by atoms with E-state index in [2.05, 4.69) is 56.6 Å². The number of piperazine rings is 1. The Labute approximate surface area is 185 Å². The molecule has 0 radical (unpaired) electrons. The molecule has 7 heteroatoms. The SMILES string of the molecule is Cc1cccc(NC(=O)C(=O)NCC(c2ccc(N(C)C)cc2)N2CCN(C)CC2)c1. The third-order valence-electron chi connectivity index (χ3n) is 5.71. The normalized spacial score (nSPS) is 15.9. The van der Waals surface area contributed by atoms with E-state index in [0.29, 0.717) is 12.2 Å². The first kappa shape index (κ1) is 22.8. The standard InChI is InChI=1S/C24H33N5O2/c1-18-6-5-7-20(16-18)26-24(31)23(30)25-17-22(29-14-12-28(4)13-15-29)19-8-10-21(11-9-19)27(2)3/h5-11,16,22H,12-15,17H2,1-4H3,(H,25,30)(H,26,31). The van der Waals surface area contributed by atoms with Crippen LogP contribution in [0.3, 0.4) is 0 Å². The van der Waals surface area contributed by atoms with E-state index in [-0.39, 0.29) is 6.04 Å². The zero-order valence-corrected chi connectivity index (χ0v) is 18.9. The van der Waals surface area contributed by atoms with E-state index < -0.39 is 11.8 Å². The summed E-state index contributed by atoms with van der Waals surface area (Å²) >= 11 is 0. The number of amides is 2. The van der Waals surface area contributed by atoms with Gasteiger partial charge in [-0.3, -0.25) is 14.5 Å². The molecule has 1 aliphatic rings. The van der Waals surface area contributed by atoms with E-state index in [1.807, 2.05) is 39.2 Å². The van der Waals surface area contributed by atoms with Crippen LogP contribution in [0.5, 0.6) is 0 Å². The maximum atomic E-state index is 12.5. The van der Waals surface area contributed by atoms with Crippen LogP contribution in [-0.4, -0.2) is 75.5 Å². The van der Waals surface area contributed by atoms with Crippen LogP contribution in [0.25, 0.3) is 0 Å². The van der Waals surface area contributed by atoms with Gasteiger partial charge in [-0.05, 0) is 49.4 Å². The van der Waals surface area contributed by atoms with Crippen molar-refractivity contribution in [3.63, 3.8) is 0 Å². The molecule has 1 fully saturated rings. The fourth-order valence-corrected chi connectivity index (χ4v) is 3.77. The van der Waals surface area contributed by atoms with Crippen LogP contribution in [0, 0.1) is 6.92 Å². The Balaban J connectivity index is 1.67. The highest BCUT2D eigenvalue weighted by molar-refractivity contribution is 6.39. The number of carbonyl (C=O) groups excluding carboxylic acids is 2. The van der Waals surface area contributed by atoms with Gasteiger partial charge in [0.25, 0.3) is 0 Å². The number of hydrogen-bond acceptors (Lipinski definition) is 5. The van der Waals surface area contributed by atoms with E-state index in [1.54, 1.807) is 6.07 Å². The molecule has 2 amide bonds. The van der Waals surface area contributed by atoms with Gasteiger partial charge in [0.1, 0.15) is 0 Å². The van der Waals surface area contributed by atoms with Crippen molar-refractivity contribution in [2.75, 3.05) is 64.1 Å². The van der Waals surface area contributed by atoms with Crippen LogP contribution >= 0.6 is 0 Å². The van der Waals surface area contributed by atoms with Crippen molar-refractivity contribution < 1.29 is 9.59 Å². The third-order valence-corrected chi connectivity index (χ3v) is 5.71. The lowest BCUT2D eigenvalue weighted by molar-refractivity contribution is -0.136. The van der Waals surface area contributed by atoms with E-state index in [9.17, 15) is 9.59 Å². The molecule has 1 saturated heterocycles. The van der Waals surface area contributed by atoms with Crippen LogP contribution in [-0.2, 0) is 9.59 Å². The van der Waals surface area contributed by atoms with E-state index in [1.165, 1.54) is 0 Å². The smallest absolute Gasteiger partial charge is 0.313 e. The molecular weight excluding hydrogens is 390 g/mol. The van der Waals surface area contributed by atoms with Gasteiger partial charge in [-0.15, -0.1) is 0 Å². The van der Waals surface area contributed by atoms with Gasteiger partial charge in [-0.25, -0.2) is 0 Å². The maximum absolute atomic E-state index is 12.5. The molecule has 3 rings (SSSR count). The molecule has 0 aliphatic carbocycles. The number of benzene rings is 2. The Kier molecular flexibility index (Phi) is 7.65. The number of anilines is 2. The van der Waals surface area contributed by atoms with Crippen LogP contribution in [0.1, 0.15) is 17.2 Å². The monoisotopic (exact) mass is 423 g/mol. The predicted molar refractivity (Wildman–Crippen MR) is 125 cm³/mol. The minimum absolute atomic E-state index is 0.0145. The molecule has 0 saturated carbocycles.